The van der Waals surface area contributed by atoms with E-state index in [-0.39, 0.29) is 17.5 Å². The molecule has 3 unspecified atom stereocenters. The van der Waals surface area contributed by atoms with E-state index in [1.54, 1.807) is 6.07 Å². The molecule has 2 N–H and O–H groups in total. The molecule has 1 aromatic rings. The molecule has 2 aliphatic carbocycles. The molecule has 3 rings (SSSR count). The Morgan fingerprint density at radius 3 is 2.74 bits per heavy atom. The lowest BCUT2D eigenvalue weighted by Gasteiger charge is -2.57. The average Bonchev–Trinajstić information content (AvgIpc) is 2.50. The Balaban J connectivity index is 2.27. The van der Waals surface area contributed by atoms with E-state index < -0.39 is 11.0 Å². The third kappa shape index (κ3) is 2.18. The molecule has 0 aromatic heterocycles. The van der Waals surface area contributed by atoms with Crippen molar-refractivity contribution in [3.8, 4) is 11.5 Å². The number of methoxy groups -OCH3 is 1. The van der Waals surface area contributed by atoms with Crippen molar-refractivity contribution in [2.24, 2.45) is 5.92 Å². The summed E-state index contributed by atoms with van der Waals surface area (Å²) in [6.45, 7) is 4.00. The fraction of sp³-hybridized carbons (Fsp3) is 0.632. The Morgan fingerprint density at radius 1 is 1.30 bits per heavy atom. The summed E-state index contributed by atoms with van der Waals surface area (Å²) in [6, 6.07) is 3.64. The number of ether oxygens (including phenoxy) is 1. The van der Waals surface area contributed by atoms with Crippen molar-refractivity contribution in [1.29, 1.82) is 0 Å². The highest BCUT2D eigenvalue weighted by Gasteiger charge is 2.60. The van der Waals surface area contributed by atoms with Crippen LogP contribution >= 0.6 is 0 Å². The number of rotatable bonds is 2. The van der Waals surface area contributed by atoms with E-state index in [0.717, 1.165) is 24.8 Å². The monoisotopic (exact) mass is 318 g/mol. The molecule has 0 radical (unpaired) electrons. The van der Waals surface area contributed by atoms with E-state index in [4.69, 9.17) is 4.74 Å². The van der Waals surface area contributed by atoms with Gasteiger partial charge in [-0.05, 0) is 43.7 Å². The van der Waals surface area contributed by atoms with Gasteiger partial charge in [0.05, 0.1) is 12.7 Å². The summed E-state index contributed by atoms with van der Waals surface area (Å²) in [6.07, 6.45) is 3.83. The molecule has 0 heterocycles. The Bertz CT molecular complexity index is 639. The van der Waals surface area contributed by atoms with Gasteiger partial charge in [-0.25, -0.2) is 0 Å². The number of hydrogen-bond acceptors (Lipinski definition) is 4. The van der Waals surface area contributed by atoms with Crippen LogP contribution < -0.4 is 4.74 Å². The zero-order chi connectivity index (χ0) is 16.8. The summed E-state index contributed by atoms with van der Waals surface area (Å²) in [5, 5.41) is 22.4. The zero-order valence-corrected chi connectivity index (χ0v) is 14.2. The van der Waals surface area contributed by atoms with E-state index in [9.17, 15) is 15.0 Å². The van der Waals surface area contributed by atoms with Gasteiger partial charge in [-0.1, -0.05) is 19.4 Å². The first-order valence-corrected chi connectivity index (χ1v) is 8.47. The van der Waals surface area contributed by atoms with Crippen molar-refractivity contribution in [3.63, 3.8) is 0 Å². The number of ketones is 1. The number of carbonyl (C=O) groups is 1. The molecule has 0 spiro atoms. The highest BCUT2D eigenvalue weighted by molar-refractivity contribution is 5.82. The fourth-order valence-electron chi connectivity index (χ4n) is 4.99. The molecule has 4 heteroatoms. The Kier molecular flexibility index (Phi) is 3.91. The molecule has 0 amide bonds. The Hall–Kier alpha value is -1.55. The summed E-state index contributed by atoms with van der Waals surface area (Å²) in [5.41, 5.74) is -0.0410. The minimum atomic E-state index is -0.951. The molecule has 3 atom stereocenters. The normalized spacial score (nSPS) is 34.1. The van der Waals surface area contributed by atoms with E-state index in [0.29, 0.717) is 30.6 Å². The second kappa shape index (κ2) is 5.52. The molecule has 2 fully saturated rings. The molecular weight excluding hydrogens is 292 g/mol. The van der Waals surface area contributed by atoms with Crippen molar-refractivity contribution >= 4 is 5.78 Å². The third-order valence-corrected chi connectivity index (χ3v) is 6.22. The lowest BCUT2D eigenvalue weighted by molar-refractivity contribution is -0.153. The second-order valence-corrected chi connectivity index (χ2v) is 7.32. The van der Waals surface area contributed by atoms with Crippen LogP contribution in [-0.2, 0) is 10.2 Å². The second-order valence-electron chi connectivity index (χ2n) is 7.32. The standard InChI is InChI=1S/C19H26O4/c1-12-6-7-15(23-3)17(21)16(12)18-9-4-5-13(2)19(18,22)10-8-14(20)11-18/h6-7,13,21-22H,4-5,8-11H2,1-3H3. The van der Waals surface area contributed by atoms with Crippen LogP contribution in [0.3, 0.4) is 0 Å². The van der Waals surface area contributed by atoms with Gasteiger partial charge in [0.2, 0.25) is 0 Å². The van der Waals surface area contributed by atoms with Gasteiger partial charge in [-0.15, -0.1) is 0 Å². The van der Waals surface area contributed by atoms with Gasteiger partial charge in [0.25, 0.3) is 0 Å². The molecular formula is C19H26O4. The minimum absolute atomic E-state index is 0.0784. The topological polar surface area (TPSA) is 66.8 Å². The third-order valence-electron chi connectivity index (χ3n) is 6.22. The number of Topliss-reactive ketones (excluding diaryl/α,β-unsaturated/α-hetero) is 1. The van der Waals surface area contributed by atoms with Gasteiger partial charge in [0.15, 0.2) is 11.5 Å². The quantitative estimate of drug-likeness (QED) is 0.878. The van der Waals surface area contributed by atoms with Crippen molar-refractivity contribution in [2.75, 3.05) is 7.11 Å². The molecule has 0 bridgehead atoms. The van der Waals surface area contributed by atoms with Gasteiger partial charge in [-0.2, -0.15) is 0 Å². The van der Waals surface area contributed by atoms with Crippen LogP contribution in [0.25, 0.3) is 0 Å². The van der Waals surface area contributed by atoms with Crippen LogP contribution in [0.4, 0.5) is 0 Å². The highest BCUT2D eigenvalue weighted by Crippen LogP contribution is 2.59. The van der Waals surface area contributed by atoms with Crippen LogP contribution in [0.5, 0.6) is 11.5 Å². The first-order valence-electron chi connectivity index (χ1n) is 8.47. The van der Waals surface area contributed by atoms with Crippen molar-refractivity contribution < 1.29 is 19.7 Å². The van der Waals surface area contributed by atoms with Crippen LogP contribution in [-0.4, -0.2) is 28.7 Å². The maximum Gasteiger partial charge on any atom is 0.161 e. The summed E-state index contributed by atoms with van der Waals surface area (Å²) in [4.78, 5) is 12.3. The smallest absolute Gasteiger partial charge is 0.161 e. The fourth-order valence-corrected chi connectivity index (χ4v) is 4.99. The molecule has 4 nitrogen and oxygen atoms in total. The first kappa shape index (κ1) is 16.3. The van der Waals surface area contributed by atoms with Crippen LogP contribution in [0.15, 0.2) is 12.1 Å². The number of benzene rings is 1. The lowest BCUT2D eigenvalue weighted by Crippen LogP contribution is -2.61. The number of carbonyl (C=O) groups excluding carboxylic acids is 1. The number of aromatic hydroxyl groups is 1. The van der Waals surface area contributed by atoms with Gasteiger partial charge in [0, 0.05) is 23.8 Å². The molecule has 2 saturated carbocycles. The van der Waals surface area contributed by atoms with E-state index in [2.05, 4.69) is 6.92 Å². The zero-order valence-electron chi connectivity index (χ0n) is 14.2. The van der Waals surface area contributed by atoms with E-state index >= 15 is 0 Å². The van der Waals surface area contributed by atoms with Gasteiger partial charge < -0.3 is 14.9 Å². The van der Waals surface area contributed by atoms with Crippen molar-refractivity contribution in [3.05, 3.63) is 23.3 Å². The predicted octanol–water partition coefficient (Wildman–Crippen LogP) is 3.25. The predicted molar refractivity (Wildman–Crippen MR) is 87.9 cm³/mol. The molecule has 0 aliphatic heterocycles. The molecule has 126 valence electrons. The van der Waals surface area contributed by atoms with Gasteiger partial charge in [-0.3, -0.25) is 4.79 Å². The molecule has 2 aliphatic rings. The number of hydrogen-bond donors (Lipinski definition) is 2. The summed E-state index contributed by atoms with van der Waals surface area (Å²) in [7, 11) is 1.52. The van der Waals surface area contributed by atoms with Crippen LogP contribution in [0.2, 0.25) is 0 Å². The number of phenolic OH excluding ortho intramolecular Hbond substituents is 1. The molecule has 1 aromatic carbocycles. The van der Waals surface area contributed by atoms with Gasteiger partial charge >= 0.3 is 0 Å². The SMILES string of the molecule is COc1ccc(C)c(C23CCCC(C)C2(O)CCC(=O)C3)c1O. The Morgan fingerprint density at radius 2 is 2.04 bits per heavy atom. The number of aryl methyl sites for hydroxylation is 1. The number of phenols is 1. The van der Waals surface area contributed by atoms with Crippen molar-refractivity contribution in [2.45, 2.75) is 63.4 Å². The lowest BCUT2D eigenvalue weighted by atomic mass is 9.50. The molecule has 23 heavy (non-hydrogen) atoms. The largest absolute Gasteiger partial charge is 0.504 e. The summed E-state index contributed by atoms with van der Waals surface area (Å²) in [5.74, 6) is 0.757. The molecule has 0 saturated heterocycles. The Labute approximate surface area is 137 Å². The van der Waals surface area contributed by atoms with E-state index in [1.165, 1.54) is 7.11 Å². The minimum Gasteiger partial charge on any atom is -0.504 e. The van der Waals surface area contributed by atoms with Gasteiger partial charge in [0.1, 0.15) is 5.78 Å². The first-order chi connectivity index (χ1) is 10.9. The van der Waals surface area contributed by atoms with Crippen LogP contribution in [0, 0.1) is 12.8 Å². The maximum atomic E-state index is 12.3. The number of fused-ring (bicyclic) bond motifs is 1. The van der Waals surface area contributed by atoms with Crippen LogP contribution in [0.1, 0.15) is 56.6 Å². The summed E-state index contributed by atoms with van der Waals surface area (Å²) >= 11 is 0. The maximum absolute atomic E-state index is 12.3. The number of aliphatic hydroxyl groups is 1. The van der Waals surface area contributed by atoms with E-state index in [1.807, 2.05) is 13.0 Å². The average molecular weight is 318 g/mol. The van der Waals surface area contributed by atoms with Crippen molar-refractivity contribution in [1.82, 2.24) is 0 Å². The summed E-state index contributed by atoms with van der Waals surface area (Å²) < 4.78 is 5.28. The highest BCUT2D eigenvalue weighted by atomic mass is 16.5.